The first-order valence-electron chi connectivity index (χ1n) is 7.04. The van der Waals surface area contributed by atoms with Crippen molar-refractivity contribution in [1.82, 2.24) is 0 Å². The molecule has 3 rings (SSSR count). The average Bonchev–Trinajstić information content (AvgIpc) is 2.46. The molecular formula is C15H20N3O2+. The van der Waals surface area contributed by atoms with Crippen molar-refractivity contribution >= 4 is 5.82 Å². The van der Waals surface area contributed by atoms with Gasteiger partial charge in [0.15, 0.2) is 0 Å². The molecule has 0 unspecified atom stereocenters. The van der Waals surface area contributed by atoms with Crippen molar-refractivity contribution in [3.8, 4) is 6.07 Å². The molecule has 0 saturated carbocycles. The Balaban J connectivity index is 1.99. The fourth-order valence-corrected chi connectivity index (χ4v) is 2.78. The molecule has 1 aromatic heterocycles. The fraction of sp³-hybridized carbons (Fsp3) is 0.600. The van der Waals surface area contributed by atoms with Crippen LogP contribution in [0.5, 0.6) is 0 Å². The molecule has 0 aromatic carbocycles. The number of hydrogen-bond acceptors (Lipinski definition) is 4. The number of pyridine rings is 1. The van der Waals surface area contributed by atoms with Gasteiger partial charge >= 0.3 is 0 Å². The Labute approximate surface area is 119 Å². The van der Waals surface area contributed by atoms with E-state index in [2.05, 4.69) is 29.8 Å². The molecule has 0 bridgehead atoms. The lowest BCUT2D eigenvalue weighted by molar-refractivity contribution is -0.384. The molecule has 0 aliphatic carbocycles. The number of nitrogens with zero attached hydrogens (tertiary/aromatic N) is 2. The van der Waals surface area contributed by atoms with Gasteiger partial charge in [-0.1, -0.05) is 0 Å². The highest BCUT2D eigenvalue weighted by Crippen LogP contribution is 2.28. The SMILES string of the molecule is CC1(C)Cc2[nH+]c(N3CCOCC3)c(C#N)cc2CO1. The Bertz CT molecular complexity index is 557. The number of ether oxygens (including phenoxy) is 2. The first-order valence-corrected chi connectivity index (χ1v) is 7.04. The van der Waals surface area contributed by atoms with Gasteiger partial charge in [-0.25, -0.2) is 4.98 Å². The minimum absolute atomic E-state index is 0.153. The predicted octanol–water partition coefficient (Wildman–Crippen LogP) is 1.06. The summed E-state index contributed by atoms with van der Waals surface area (Å²) >= 11 is 0. The molecule has 0 spiro atoms. The van der Waals surface area contributed by atoms with Gasteiger partial charge in [0, 0.05) is 12.0 Å². The zero-order valence-corrected chi connectivity index (χ0v) is 12.0. The summed E-state index contributed by atoms with van der Waals surface area (Å²) < 4.78 is 11.2. The summed E-state index contributed by atoms with van der Waals surface area (Å²) in [5.74, 6) is 0.923. The van der Waals surface area contributed by atoms with E-state index in [9.17, 15) is 5.26 Å². The molecule has 1 saturated heterocycles. The van der Waals surface area contributed by atoms with E-state index in [1.807, 2.05) is 6.07 Å². The summed E-state index contributed by atoms with van der Waals surface area (Å²) in [6.45, 7) is 7.83. The molecule has 2 aliphatic heterocycles. The minimum atomic E-state index is -0.153. The zero-order chi connectivity index (χ0) is 14.2. The lowest BCUT2D eigenvalue weighted by Gasteiger charge is -2.31. The van der Waals surface area contributed by atoms with Crippen LogP contribution in [0.1, 0.15) is 30.7 Å². The summed E-state index contributed by atoms with van der Waals surface area (Å²) in [6.07, 6.45) is 0.839. The Kier molecular flexibility index (Phi) is 3.36. The fourth-order valence-electron chi connectivity index (χ4n) is 2.78. The average molecular weight is 274 g/mol. The first kappa shape index (κ1) is 13.3. The van der Waals surface area contributed by atoms with Gasteiger partial charge in [0.25, 0.3) is 5.82 Å². The van der Waals surface area contributed by atoms with Crippen LogP contribution in [0.25, 0.3) is 0 Å². The maximum Gasteiger partial charge on any atom is 0.292 e. The van der Waals surface area contributed by atoms with Crippen LogP contribution in [0.2, 0.25) is 0 Å². The van der Waals surface area contributed by atoms with Gasteiger partial charge in [0.1, 0.15) is 30.4 Å². The van der Waals surface area contributed by atoms with E-state index in [0.717, 1.165) is 30.9 Å². The van der Waals surface area contributed by atoms with Crippen molar-refractivity contribution in [2.75, 3.05) is 31.2 Å². The second kappa shape index (κ2) is 5.04. The highest BCUT2D eigenvalue weighted by atomic mass is 16.5. The van der Waals surface area contributed by atoms with Gasteiger partial charge < -0.3 is 9.47 Å². The maximum atomic E-state index is 9.38. The molecule has 0 atom stereocenters. The third kappa shape index (κ3) is 2.49. The number of aromatic amines is 1. The van der Waals surface area contributed by atoms with Gasteiger partial charge in [-0.15, -0.1) is 0 Å². The van der Waals surface area contributed by atoms with E-state index in [1.54, 1.807) is 0 Å². The topological polar surface area (TPSA) is 59.6 Å². The highest BCUT2D eigenvalue weighted by Gasteiger charge is 2.32. The van der Waals surface area contributed by atoms with Crippen LogP contribution in [-0.4, -0.2) is 31.9 Å². The van der Waals surface area contributed by atoms with Crippen molar-refractivity contribution in [1.29, 1.82) is 5.26 Å². The number of aromatic nitrogens is 1. The Morgan fingerprint density at radius 3 is 2.80 bits per heavy atom. The van der Waals surface area contributed by atoms with E-state index in [0.29, 0.717) is 25.4 Å². The molecule has 0 amide bonds. The monoisotopic (exact) mass is 274 g/mol. The molecule has 1 N–H and O–H groups in total. The predicted molar refractivity (Wildman–Crippen MR) is 73.3 cm³/mol. The van der Waals surface area contributed by atoms with Gasteiger partial charge in [-0.3, -0.25) is 4.90 Å². The van der Waals surface area contributed by atoms with Gasteiger partial charge in [-0.05, 0) is 19.9 Å². The lowest BCUT2D eigenvalue weighted by atomic mass is 9.95. The number of fused-ring (bicyclic) bond motifs is 1. The number of nitriles is 1. The van der Waals surface area contributed by atoms with Crippen LogP contribution in [0.3, 0.4) is 0 Å². The summed E-state index contributed by atoms with van der Waals surface area (Å²) in [4.78, 5) is 5.68. The van der Waals surface area contributed by atoms with E-state index < -0.39 is 0 Å². The third-order valence-corrected chi connectivity index (χ3v) is 3.90. The Hall–Kier alpha value is -1.64. The molecule has 106 valence electrons. The van der Waals surface area contributed by atoms with Crippen LogP contribution in [0, 0.1) is 11.3 Å². The number of rotatable bonds is 1. The molecule has 1 aromatic rings. The largest absolute Gasteiger partial charge is 0.373 e. The lowest BCUT2D eigenvalue weighted by Crippen LogP contribution is -2.43. The molecule has 3 heterocycles. The second-order valence-electron chi connectivity index (χ2n) is 5.97. The van der Waals surface area contributed by atoms with E-state index in [-0.39, 0.29) is 5.60 Å². The van der Waals surface area contributed by atoms with Crippen LogP contribution >= 0.6 is 0 Å². The number of nitrogens with one attached hydrogen (secondary N) is 1. The number of hydrogen-bond donors (Lipinski definition) is 0. The van der Waals surface area contributed by atoms with Crippen LogP contribution in [-0.2, 0) is 22.5 Å². The first-order chi connectivity index (χ1) is 9.59. The van der Waals surface area contributed by atoms with Crippen molar-refractivity contribution in [2.24, 2.45) is 0 Å². The summed E-state index contributed by atoms with van der Waals surface area (Å²) in [5.41, 5.74) is 2.81. The van der Waals surface area contributed by atoms with E-state index >= 15 is 0 Å². The van der Waals surface area contributed by atoms with Gasteiger partial charge in [0.05, 0.1) is 25.4 Å². The second-order valence-corrected chi connectivity index (χ2v) is 5.97. The van der Waals surface area contributed by atoms with Gasteiger partial charge in [-0.2, -0.15) is 5.26 Å². The third-order valence-electron chi connectivity index (χ3n) is 3.90. The molecule has 20 heavy (non-hydrogen) atoms. The Morgan fingerprint density at radius 1 is 1.35 bits per heavy atom. The summed E-state index contributed by atoms with van der Waals surface area (Å²) in [5, 5.41) is 9.38. The zero-order valence-electron chi connectivity index (χ0n) is 12.0. The quantitative estimate of drug-likeness (QED) is 0.768. The van der Waals surface area contributed by atoms with E-state index in [1.165, 1.54) is 5.69 Å². The summed E-state index contributed by atoms with van der Waals surface area (Å²) in [6, 6.07) is 4.26. The molecule has 5 heteroatoms. The van der Waals surface area contributed by atoms with E-state index in [4.69, 9.17) is 9.47 Å². The van der Waals surface area contributed by atoms with Crippen molar-refractivity contribution in [3.05, 3.63) is 22.9 Å². The van der Waals surface area contributed by atoms with Crippen LogP contribution < -0.4 is 9.88 Å². The minimum Gasteiger partial charge on any atom is -0.373 e. The number of morpholine rings is 1. The molecule has 2 aliphatic rings. The maximum absolute atomic E-state index is 9.38. The summed E-state index contributed by atoms with van der Waals surface area (Å²) in [7, 11) is 0. The highest BCUT2D eigenvalue weighted by molar-refractivity contribution is 5.52. The molecule has 0 radical (unpaired) electrons. The van der Waals surface area contributed by atoms with Crippen molar-refractivity contribution in [2.45, 2.75) is 32.5 Å². The normalized spacial score (nSPS) is 21.1. The number of H-pyrrole nitrogens is 1. The Morgan fingerprint density at radius 2 is 2.10 bits per heavy atom. The number of anilines is 1. The molecule has 1 fully saturated rings. The molecular weight excluding hydrogens is 254 g/mol. The van der Waals surface area contributed by atoms with Gasteiger partial charge in [0.2, 0.25) is 0 Å². The smallest absolute Gasteiger partial charge is 0.292 e. The van der Waals surface area contributed by atoms with Crippen LogP contribution in [0.4, 0.5) is 5.82 Å². The molecule has 5 nitrogen and oxygen atoms in total. The standard InChI is InChI=1S/C15H19N3O2/c1-15(2)8-13-12(10-20-15)7-11(9-16)14(17-13)18-3-5-19-6-4-18/h7H,3-6,8,10H2,1-2H3/p+1. The van der Waals surface area contributed by atoms with Crippen LogP contribution in [0.15, 0.2) is 6.07 Å². The van der Waals surface area contributed by atoms with Crippen molar-refractivity contribution in [3.63, 3.8) is 0 Å². The van der Waals surface area contributed by atoms with Crippen molar-refractivity contribution < 1.29 is 14.5 Å².